The van der Waals surface area contributed by atoms with Crippen LogP contribution in [-0.4, -0.2) is 60.0 Å². The monoisotopic (exact) mass is 500 g/mol. The Labute approximate surface area is 201 Å². The number of aliphatic hydroxyl groups is 1. The van der Waals surface area contributed by atoms with Crippen molar-refractivity contribution in [1.29, 1.82) is 0 Å². The third-order valence-corrected chi connectivity index (χ3v) is 5.66. The molecule has 4 aromatic rings. The number of halogens is 3. The summed E-state index contributed by atoms with van der Waals surface area (Å²) < 4.78 is 50.7. The van der Waals surface area contributed by atoms with Gasteiger partial charge in [0.2, 0.25) is 11.7 Å². The number of aliphatic hydroxyl groups excluding tert-OH is 1. The molecule has 1 saturated heterocycles. The summed E-state index contributed by atoms with van der Waals surface area (Å²) in [5.41, 5.74) is 1.14. The quantitative estimate of drug-likeness (QED) is 0.429. The van der Waals surface area contributed by atoms with E-state index in [4.69, 9.17) is 9.26 Å². The van der Waals surface area contributed by atoms with Crippen LogP contribution in [0, 0.1) is 0 Å². The summed E-state index contributed by atoms with van der Waals surface area (Å²) in [6, 6.07) is 8.78. The SMILES string of the molecule is Cn1ncc(-c2nc(-c3cccc(C(=O)N4CC(O)C4)c3)no2)c1COc1ccc(C(F)(F)F)cn1. The van der Waals surface area contributed by atoms with Gasteiger partial charge >= 0.3 is 6.18 Å². The Morgan fingerprint density at radius 2 is 2.03 bits per heavy atom. The Balaban J connectivity index is 1.32. The van der Waals surface area contributed by atoms with Gasteiger partial charge in [0.15, 0.2) is 0 Å². The van der Waals surface area contributed by atoms with Crippen molar-refractivity contribution >= 4 is 5.91 Å². The summed E-state index contributed by atoms with van der Waals surface area (Å²) in [5, 5.41) is 17.6. The zero-order valence-electron chi connectivity index (χ0n) is 18.8. The molecule has 36 heavy (non-hydrogen) atoms. The van der Waals surface area contributed by atoms with E-state index in [0.29, 0.717) is 41.7 Å². The molecule has 0 aliphatic carbocycles. The predicted octanol–water partition coefficient (Wildman–Crippen LogP) is 2.95. The molecule has 10 nitrogen and oxygen atoms in total. The first-order valence-corrected chi connectivity index (χ1v) is 10.8. The van der Waals surface area contributed by atoms with Gasteiger partial charge in [-0.15, -0.1) is 0 Å². The van der Waals surface area contributed by atoms with Crippen molar-refractivity contribution in [3.8, 4) is 28.7 Å². The summed E-state index contributed by atoms with van der Waals surface area (Å²) in [6.45, 7) is 0.528. The molecule has 1 N–H and O–H groups in total. The maximum absolute atomic E-state index is 12.7. The third kappa shape index (κ3) is 4.64. The third-order valence-electron chi connectivity index (χ3n) is 5.66. The van der Waals surface area contributed by atoms with Crippen molar-refractivity contribution in [1.82, 2.24) is 29.8 Å². The van der Waals surface area contributed by atoms with Gasteiger partial charge in [-0.2, -0.15) is 23.3 Å². The average Bonchev–Trinajstić information content (AvgIpc) is 3.47. The van der Waals surface area contributed by atoms with E-state index >= 15 is 0 Å². The lowest BCUT2D eigenvalue weighted by atomic mass is 10.1. The Hall–Kier alpha value is -4.26. The molecule has 0 radical (unpaired) electrons. The minimum atomic E-state index is -4.49. The van der Waals surface area contributed by atoms with Gasteiger partial charge in [-0.3, -0.25) is 9.48 Å². The fraction of sp³-hybridized carbons (Fsp3) is 0.261. The molecule has 5 rings (SSSR count). The Bertz CT molecular complexity index is 1390. The lowest BCUT2D eigenvalue weighted by molar-refractivity contribution is -0.137. The number of rotatable bonds is 6. The number of hydrogen-bond acceptors (Lipinski definition) is 8. The first kappa shape index (κ1) is 23.5. The molecule has 1 aliphatic heterocycles. The van der Waals surface area contributed by atoms with E-state index in [1.807, 2.05) is 0 Å². The molecule has 4 heterocycles. The summed E-state index contributed by atoms with van der Waals surface area (Å²) in [7, 11) is 1.67. The number of β-amino-alcohol motifs (C(OH)–C–C–N with tert-alkyl or cyclic N) is 1. The van der Waals surface area contributed by atoms with Gasteiger partial charge in [-0.25, -0.2) is 4.98 Å². The van der Waals surface area contributed by atoms with E-state index in [1.54, 1.807) is 36.2 Å². The predicted molar refractivity (Wildman–Crippen MR) is 117 cm³/mol. The number of carbonyl (C=O) groups is 1. The fourth-order valence-corrected chi connectivity index (χ4v) is 3.63. The number of likely N-dealkylation sites (tertiary alicyclic amines) is 1. The molecule has 3 aromatic heterocycles. The second-order valence-electron chi connectivity index (χ2n) is 8.17. The van der Waals surface area contributed by atoms with Crippen LogP contribution in [0.1, 0.15) is 21.6 Å². The highest BCUT2D eigenvalue weighted by Crippen LogP contribution is 2.30. The number of amides is 1. The number of alkyl halides is 3. The van der Waals surface area contributed by atoms with Crippen LogP contribution in [-0.2, 0) is 19.8 Å². The molecular weight excluding hydrogens is 481 g/mol. The van der Waals surface area contributed by atoms with E-state index < -0.39 is 17.8 Å². The van der Waals surface area contributed by atoms with Gasteiger partial charge in [0.25, 0.3) is 11.8 Å². The molecule has 0 bridgehead atoms. The lowest BCUT2D eigenvalue weighted by Gasteiger charge is -2.35. The second kappa shape index (κ2) is 9.07. The van der Waals surface area contributed by atoms with Gasteiger partial charge in [0.05, 0.1) is 29.1 Å². The van der Waals surface area contributed by atoms with Gasteiger partial charge in [0, 0.05) is 43.5 Å². The van der Waals surface area contributed by atoms with Crippen LogP contribution < -0.4 is 4.74 Å². The number of aromatic nitrogens is 5. The van der Waals surface area contributed by atoms with E-state index in [-0.39, 0.29) is 30.1 Å². The molecule has 0 unspecified atom stereocenters. The standard InChI is InChI=1S/C23H19F3N6O4/c1-31-18(12-35-19-6-5-15(8-27-19)23(24,25)26)17(9-28-31)21-29-20(30-36-21)13-3-2-4-14(7-13)22(34)32-10-16(33)11-32/h2-9,16,33H,10-12H2,1H3. The first-order valence-electron chi connectivity index (χ1n) is 10.8. The highest BCUT2D eigenvalue weighted by Gasteiger charge is 2.31. The molecule has 13 heteroatoms. The van der Waals surface area contributed by atoms with Crippen molar-refractivity contribution in [2.24, 2.45) is 7.05 Å². The largest absolute Gasteiger partial charge is 0.471 e. The maximum atomic E-state index is 12.7. The number of pyridine rings is 1. The molecule has 1 aliphatic rings. The number of nitrogens with zero attached hydrogens (tertiary/aromatic N) is 6. The van der Waals surface area contributed by atoms with Crippen molar-refractivity contribution < 1.29 is 32.3 Å². The van der Waals surface area contributed by atoms with Crippen LogP contribution in [0.4, 0.5) is 13.2 Å². The van der Waals surface area contributed by atoms with Crippen molar-refractivity contribution in [2.75, 3.05) is 13.1 Å². The van der Waals surface area contributed by atoms with Crippen LogP contribution in [0.15, 0.2) is 53.3 Å². The number of ether oxygens (including phenoxy) is 1. The highest BCUT2D eigenvalue weighted by molar-refractivity contribution is 5.95. The van der Waals surface area contributed by atoms with Gasteiger partial charge < -0.3 is 19.3 Å². The van der Waals surface area contributed by atoms with E-state index in [1.165, 1.54) is 10.9 Å². The lowest BCUT2D eigenvalue weighted by Crippen LogP contribution is -2.53. The summed E-state index contributed by atoms with van der Waals surface area (Å²) in [4.78, 5) is 22.2. The summed E-state index contributed by atoms with van der Waals surface area (Å²) >= 11 is 0. The topological polar surface area (TPSA) is 119 Å². The number of benzene rings is 1. The molecule has 1 fully saturated rings. The van der Waals surface area contributed by atoms with Crippen molar-refractivity contribution in [3.63, 3.8) is 0 Å². The molecule has 1 amide bonds. The molecule has 0 atom stereocenters. The molecule has 1 aromatic carbocycles. The fourth-order valence-electron chi connectivity index (χ4n) is 3.63. The van der Waals surface area contributed by atoms with E-state index in [2.05, 4.69) is 20.2 Å². The highest BCUT2D eigenvalue weighted by atomic mass is 19.4. The number of hydrogen-bond donors (Lipinski definition) is 1. The van der Waals surface area contributed by atoms with Crippen LogP contribution in [0.2, 0.25) is 0 Å². The van der Waals surface area contributed by atoms with Crippen molar-refractivity contribution in [2.45, 2.75) is 18.9 Å². The average molecular weight is 500 g/mol. The molecular formula is C23H19F3N6O4. The molecule has 186 valence electrons. The van der Waals surface area contributed by atoms with Crippen LogP contribution >= 0.6 is 0 Å². The van der Waals surface area contributed by atoms with Crippen molar-refractivity contribution in [3.05, 3.63) is 65.6 Å². The number of aryl methyl sites for hydroxylation is 1. The van der Waals surface area contributed by atoms with Gasteiger partial charge in [-0.1, -0.05) is 17.3 Å². The minimum Gasteiger partial charge on any atom is -0.471 e. The molecule has 0 saturated carbocycles. The maximum Gasteiger partial charge on any atom is 0.417 e. The second-order valence-corrected chi connectivity index (χ2v) is 8.17. The Kier molecular flexibility index (Phi) is 5.92. The summed E-state index contributed by atoms with van der Waals surface area (Å²) in [5.74, 6) is 0.218. The van der Waals surface area contributed by atoms with Gasteiger partial charge in [0.1, 0.15) is 6.61 Å². The van der Waals surface area contributed by atoms with Crippen LogP contribution in [0.25, 0.3) is 22.8 Å². The van der Waals surface area contributed by atoms with Gasteiger partial charge in [-0.05, 0) is 18.2 Å². The number of carbonyl (C=O) groups excluding carboxylic acids is 1. The smallest absolute Gasteiger partial charge is 0.417 e. The van der Waals surface area contributed by atoms with E-state index in [9.17, 15) is 23.1 Å². The zero-order valence-corrected chi connectivity index (χ0v) is 18.8. The first-order chi connectivity index (χ1) is 17.2. The Morgan fingerprint density at radius 1 is 1.22 bits per heavy atom. The minimum absolute atomic E-state index is 0.0116. The normalized spacial score (nSPS) is 14.1. The zero-order chi connectivity index (χ0) is 25.4. The summed E-state index contributed by atoms with van der Waals surface area (Å²) in [6.07, 6.45) is -2.77. The van der Waals surface area contributed by atoms with Crippen LogP contribution in [0.3, 0.4) is 0 Å². The molecule has 0 spiro atoms. The van der Waals surface area contributed by atoms with E-state index in [0.717, 1.165) is 12.1 Å². The Morgan fingerprint density at radius 3 is 2.72 bits per heavy atom. The van der Waals surface area contributed by atoms with Crippen LogP contribution in [0.5, 0.6) is 5.88 Å².